The molecule has 4 rings (SSSR count). The second-order valence-corrected chi connectivity index (χ2v) is 6.89. The molecule has 0 radical (unpaired) electrons. The summed E-state index contributed by atoms with van der Waals surface area (Å²) in [6.07, 6.45) is 1.02. The minimum Gasteiger partial charge on any atom is -0.497 e. The lowest BCUT2D eigenvalue weighted by Crippen LogP contribution is -2.47. The lowest BCUT2D eigenvalue weighted by atomic mass is 10.1. The Balaban J connectivity index is 1.56. The fourth-order valence-corrected chi connectivity index (χ4v) is 3.44. The summed E-state index contributed by atoms with van der Waals surface area (Å²) in [6, 6.07) is 29.2. The van der Waals surface area contributed by atoms with E-state index >= 15 is 0 Å². The van der Waals surface area contributed by atoms with Crippen LogP contribution < -0.4 is 9.64 Å². The minimum atomic E-state index is 0.712. The van der Waals surface area contributed by atoms with Gasteiger partial charge in [-0.1, -0.05) is 60.7 Å². The van der Waals surface area contributed by atoms with Crippen LogP contribution in [0.5, 0.6) is 5.75 Å². The van der Waals surface area contributed by atoms with E-state index in [1.54, 1.807) is 7.11 Å². The average molecular weight is 371 g/mol. The van der Waals surface area contributed by atoms with Gasteiger partial charge in [0.2, 0.25) is 0 Å². The molecule has 142 valence electrons. The molecule has 4 nitrogen and oxygen atoms in total. The van der Waals surface area contributed by atoms with Crippen LogP contribution in [0.3, 0.4) is 0 Å². The van der Waals surface area contributed by atoms with Crippen molar-refractivity contribution in [3.8, 4) is 5.75 Å². The van der Waals surface area contributed by atoms with Crippen molar-refractivity contribution in [1.29, 1.82) is 0 Å². The van der Waals surface area contributed by atoms with Gasteiger partial charge in [0.05, 0.1) is 20.4 Å². The van der Waals surface area contributed by atoms with Gasteiger partial charge in [0.1, 0.15) is 11.6 Å². The minimum absolute atomic E-state index is 0.712. The first kappa shape index (κ1) is 18.3. The zero-order valence-electron chi connectivity index (χ0n) is 16.2. The van der Waals surface area contributed by atoms with Crippen LogP contribution in [0.4, 0.5) is 5.69 Å². The molecule has 0 fully saturated rings. The summed E-state index contributed by atoms with van der Waals surface area (Å²) in [5.41, 5.74) is 3.62. The first-order valence-electron chi connectivity index (χ1n) is 9.61. The number of anilines is 1. The molecular formula is C24H25N3O. The third-order valence-corrected chi connectivity index (χ3v) is 4.99. The van der Waals surface area contributed by atoms with Gasteiger partial charge in [-0.05, 0) is 36.2 Å². The summed E-state index contributed by atoms with van der Waals surface area (Å²) in [6.45, 7) is 2.50. The molecule has 0 bridgehead atoms. The predicted octanol–water partition coefficient (Wildman–Crippen LogP) is 4.42. The molecule has 0 aliphatic carbocycles. The molecule has 1 aliphatic rings. The van der Waals surface area contributed by atoms with Crippen molar-refractivity contribution in [2.75, 3.05) is 31.9 Å². The van der Waals surface area contributed by atoms with Crippen molar-refractivity contribution in [2.45, 2.75) is 6.42 Å². The van der Waals surface area contributed by atoms with Crippen molar-refractivity contribution in [3.05, 3.63) is 96.1 Å². The van der Waals surface area contributed by atoms with Gasteiger partial charge in [-0.25, -0.2) is 0 Å². The number of amidine groups is 1. The largest absolute Gasteiger partial charge is 0.497 e. The lowest BCUT2D eigenvalue weighted by Gasteiger charge is -2.36. The van der Waals surface area contributed by atoms with E-state index in [2.05, 4.69) is 76.5 Å². The van der Waals surface area contributed by atoms with Crippen molar-refractivity contribution >= 4 is 11.5 Å². The molecule has 1 heterocycles. The van der Waals surface area contributed by atoms with Crippen LogP contribution >= 0.6 is 0 Å². The summed E-state index contributed by atoms with van der Waals surface area (Å²) in [5, 5.41) is 0. The number of hydrogen-bond acceptors (Lipinski definition) is 4. The fraction of sp³-hybridized carbons (Fsp3) is 0.208. The Morgan fingerprint density at radius 2 is 1.54 bits per heavy atom. The van der Waals surface area contributed by atoms with Crippen LogP contribution in [0, 0.1) is 0 Å². The van der Waals surface area contributed by atoms with Gasteiger partial charge in [-0.3, -0.25) is 9.89 Å². The Hall–Kier alpha value is -3.11. The van der Waals surface area contributed by atoms with E-state index < -0.39 is 0 Å². The van der Waals surface area contributed by atoms with Crippen LogP contribution in [0.25, 0.3) is 0 Å². The first-order valence-corrected chi connectivity index (χ1v) is 9.61. The Morgan fingerprint density at radius 3 is 2.21 bits per heavy atom. The maximum Gasteiger partial charge on any atom is 0.137 e. The van der Waals surface area contributed by atoms with Crippen LogP contribution in [0.1, 0.15) is 11.1 Å². The van der Waals surface area contributed by atoms with E-state index in [4.69, 9.17) is 9.73 Å². The molecule has 3 aromatic carbocycles. The molecule has 0 aromatic heterocycles. The van der Waals surface area contributed by atoms with Crippen LogP contribution in [-0.4, -0.2) is 37.7 Å². The third-order valence-electron chi connectivity index (χ3n) is 4.99. The smallest absolute Gasteiger partial charge is 0.137 e. The van der Waals surface area contributed by atoms with Gasteiger partial charge in [0.15, 0.2) is 0 Å². The first-order chi connectivity index (χ1) is 13.8. The van der Waals surface area contributed by atoms with E-state index in [1.165, 1.54) is 5.56 Å². The Morgan fingerprint density at radius 1 is 0.857 bits per heavy atom. The summed E-state index contributed by atoms with van der Waals surface area (Å²) in [5.74, 6) is 1.88. The second kappa shape index (κ2) is 8.72. The van der Waals surface area contributed by atoms with E-state index in [1.807, 2.05) is 18.2 Å². The normalized spacial score (nSPS) is 14.6. The Bertz CT molecular complexity index is 908. The highest BCUT2D eigenvalue weighted by Gasteiger charge is 2.23. The molecule has 0 atom stereocenters. The summed E-state index contributed by atoms with van der Waals surface area (Å²) in [7, 11) is 1.69. The number of ether oxygens (including phenoxy) is 1. The van der Waals surface area contributed by atoms with Crippen LogP contribution in [-0.2, 0) is 6.42 Å². The predicted molar refractivity (Wildman–Crippen MR) is 115 cm³/mol. The van der Waals surface area contributed by atoms with Gasteiger partial charge in [-0.15, -0.1) is 0 Å². The SMILES string of the molecule is COc1ccc(N2CN(CCc3ccccc3)CN=C2c2ccccc2)cc1. The van der Waals surface area contributed by atoms with Crippen molar-refractivity contribution < 1.29 is 4.74 Å². The number of nitrogens with zero attached hydrogens (tertiary/aromatic N) is 3. The van der Waals surface area contributed by atoms with Crippen LogP contribution in [0.2, 0.25) is 0 Å². The maximum atomic E-state index is 5.32. The Labute approximate surface area is 166 Å². The van der Waals surface area contributed by atoms with E-state index in [0.717, 1.165) is 42.5 Å². The van der Waals surface area contributed by atoms with E-state index in [-0.39, 0.29) is 0 Å². The van der Waals surface area contributed by atoms with Gasteiger partial charge in [0, 0.05) is 17.8 Å². The molecule has 0 spiro atoms. The van der Waals surface area contributed by atoms with Gasteiger partial charge >= 0.3 is 0 Å². The molecule has 1 aliphatic heterocycles. The van der Waals surface area contributed by atoms with E-state index in [9.17, 15) is 0 Å². The second-order valence-electron chi connectivity index (χ2n) is 6.89. The highest BCUT2D eigenvalue weighted by atomic mass is 16.5. The third kappa shape index (κ3) is 4.24. The summed E-state index contributed by atoms with van der Waals surface area (Å²) in [4.78, 5) is 9.59. The fourth-order valence-electron chi connectivity index (χ4n) is 3.44. The molecule has 28 heavy (non-hydrogen) atoms. The Kier molecular flexibility index (Phi) is 5.69. The molecule has 4 heteroatoms. The molecule has 0 saturated heterocycles. The number of methoxy groups -OCH3 is 1. The lowest BCUT2D eigenvalue weighted by molar-refractivity contribution is 0.285. The standard InChI is InChI=1S/C24H25N3O/c1-28-23-14-12-22(13-15-23)27-19-26(17-16-20-8-4-2-5-9-20)18-25-24(27)21-10-6-3-7-11-21/h2-15H,16-19H2,1H3. The highest BCUT2D eigenvalue weighted by Crippen LogP contribution is 2.24. The van der Waals surface area contributed by atoms with Gasteiger partial charge in [0.25, 0.3) is 0 Å². The van der Waals surface area contributed by atoms with Crippen LogP contribution in [0.15, 0.2) is 89.9 Å². The maximum absolute atomic E-state index is 5.32. The van der Waals surface area contributed by atoms with Crippen molar-refractivity contribution in [3.63, 3.8) is 0 Å². The number of hydrogen-bond donors (Lipinski definition) is 0. The molecule has 0 N–H and O–H groups in total. The summed E-state index contributed by atoms with van der Waals surface area (Å²) >= 11 is 0. The number of rotatable bonds is 6. The molecular weight excluding hydrogens is 346 g/mol. The monoisotopic (exact) mass is 371 g/mol. The molecule has 0 unspecified atom stereocenters. The number of benzene rings is 3. The zero-order chi connectivity index (χ0) is 19.2. The highest BCUT2D eigenvalue weighted by molar-refractivity contribution is 6.10. The topological polar surface area (TPSA) is 28.1 Å². The molecule has 0 amide bonds. The van der Waals surface area contributed by atoms with E-state index in [0.29, 0.717) is 6.67 Å². The van der Waals surface area contributed by atoms with Crippen molar-refractivity contribution in [2.24, 2.45) is 4.99 Å². The summed E-state index contributed by atoms with van der Waals surface area (Å²) < 4.78 is 5.32. The molecule has 0 saturated carbocycles. The van der Waals surface area contributed by atoms with Gasteiger partial charge < -0.3 is 9.64 Å². The average Bonchev–Trinajstić information content (AvgIpc) is 2.79. The number of aliphatic imine (C=N–C) groups is 1. The van der Waals surface area contributed by atoms with Gasteiger partial charge in [-0.2, -0.15) is 0 Å². The van der Waals surface area contributed by atoms with Crippen molar-refractivity contribution in [1.82, 2.24) is 4.90 Å². The zero-order valence-corrected chi connectivity index (χ0v) is 16.2. The quantitative estimate of drug-likeness (QED) is 0.642. The molecule has 3 aromatic rings.